The molecular formula is C15H26N2O2S2. The molecule has 4 nitrogen and oxygen atoms in total. The highest BCUT2D eigenvalue weighted by Gasteiger charge is 2.36. The van der Waals surface area contributed by atoms with Crippen LogP contribution in [0.3, 0.4) is 0 Å². The van der Waals surface area contributed by atoms with E-state index in [1.165, 1.54) is 11.3 Å². The van der Waals surface area contributed by atoms with E-state index in [0.717, 1.165) is 42.8 Å². The van der Waals surface area contributed by atoms with E-state index in [4.69, 9.17) is 0 Å². The van der Waals surface area contributed by atoms with E-state index in [-0.39, 0.29) is 12.1 Å². The van der Waals surface area contributed by atoms with Crippen LogP contribution in [0.1, 0.15) is 50.5 Å². The molecule has 2 heterocycles. The van der Waals surface area contributed by atoms with Crippen LogP contribution in [0.15, 0.2) is 10.3 Å². The lowest BCUT2D eigenvalue weighted by molar-refractivity contribution is 0.204. The van der Waals surface area contributed by atoms with Gasteiger partial charge in [0.25, 0.3) is 10.0 Å². The van der Waals surface area contributed by atoms with Crippen molar-refractivity contribution in [3.8, 4) is 0 Å². The van der Waals surface area contributed by atoms with Crippen LogP contribution in [0.25, 0.3) is 0 Å². The highest BCUT2D eigenvalue weighted by Crippen LogP contribution is 2.34. The molecule has 0 spiro atoms. The van der Waals surface area contributed by atoms with Gasteiger partial charge < -0.3 is 5.32 Å². The van der Waals surface area contributed by atoms with Crippen molar-refractivity contribution in [1.29, 1.82) is 0 Å². The van der Waals surface area contributed by atoms with Gasteiger partial charge in [-0.25, -0.2) is 8.42 Å². The zero-order valence-corrected chi connectivity index (χ0v) is 15.0. The third-order valence-electron chi connectivity index (χ3n) is 4.18. The molecule has 1 N–H and O–H groups in total. The van der Waals surface area contributed by atoms with Crippen molar-refractivity contribution in [1.82, 2.24) is 9.62 Å². The van der Waals surface area contributed by atoms with E-state index in [1.54, 1.807) is 4.31 Å². The van der Waals surface area contributed by atoms with Crippen LogP contribution in [0.4, 0.5) is 0 Å². The Morgan fingerprint density at radius 3 is 2.52 bits per heavy atom. The molecule has 1 aliphatic heterocycles. The lowest BCUT2D eigenvalue weighted by atomic mass is 10.0. The number of piperidine rings is 1. The van der Waals surface area contributed by atoms with Gasteiger partial charge in [-0.3, -0.25) is 0 Å². The normalized spacial score (nSPS) is 24.4. The lowest BCUT2D eigenvalue weighted by Gasteiger charge is -2.37. The summed E-state index contributed by atoms with van der Waals surface area (Å²) < 4.78 is 28.1. The summed E-state index contributed by atoms with van der Waals surface area (Å²) >= 11 is 1.41. The van der Waals surface area contributed by atoms with Crippen molar-refractivity contribution < 1.29 is 8.42 Å². The lowest BCUT2D eigenvalue weighted by Crippen LogP contribution is -2.47. The first-order valence-electron chi connectivity index (χ1n) is 7.71. The molecule has 21 heavy (non-hydrogen) atoms. The SMILES string of the molecule is CCNCc1sc(S(=O)(=O)N2C(C)CCCC2C)cc1C. The number of rotatable bonds is 5. The summed E-state index contributed by atoms with van der Waals surface area (Å²) in [6, 6.07) is 2.03. The van der Waals surface area contributed by atoms with Crippen molar-refractivity contribution >= 4 is 21.4 Å². The van der Waals surface area contributed by atoms with Crippen molar-refractivity contribution in [2.75, 3.05) is 6.54 Å². The number of thiophene rings is 1. The predicted molar refractivity (Wildman–Crippen MR) is 88.2 cm³/mol. The Hall–Kier alpha value is -0.430. The molecule has 0 aliphatic carbocycles. The topological polar surface area (TPSA) is 49.4 Å². The smallest absolute Gasteiger partial charge is 0.253 e. The van der Waals surface area contributed by atoms with Crippen LogP contribution in [0, 0.1) is 6.92 Å². The maximum absolute atomic E-state index is 13.0. The van der Waals surface area contributed by atoms with Crippen LogP contribution in [-0.4, -0.2) is 31.4 Å². The molecule has 2 atom stereocenters. The molecule has 6 heteroatoms. The summed E-state index contributed by atoms with van der Waals surface area (Å²) in [5.74, 6) is 0. The molecule has 0 bridgehead atoms. The minimum absolute atomic E-state index is 0.0957. The Bertz CT molecular complexity index is 570. The fourth-order valence-electron chi connectivity index (χ4n) is 3.01. The second-order valence-electron chi connectivity index (χ2n) is 5.92. The molecule has 0 saturated carbocycles. The molecule has 0 amide bonds. The summed E-state index contributed by atoms with van der Waals surface area (Å²) in [5.41, 5.74) is 1.07. The third-order valence-corrected chi connectivity index (χ3v) is 7.99. The first kappa shape index (κ1) is 16.9. The number of hydrogen-bond acceptors (Lipinski definition) is 4. The molecule has 1 fully saturated rings. The van der Waals surface area contributed by atoms with Crippen LogP contribution < -0.4 is 5.32 Å². The number of sulfonamides is 1. The van der Waals surface area contributed by atoms with Crippen molar-refractivity contribution in [2.24, 2.45) is 0 Å². The first-order valence-corrected chi connectivity index (χ1v) is 9.97. The Labute approximate surface area is 132 Å². The highest BCUT2D eigenvalue weighted by molar-refractivity contribution is 7.91. The molecule has 1 aliphatic rings. The Morgan fingerprint density at radius 2 is 1.95 bits per heavy atom. The molecule has 1 aromatic rings. The van der Waals surface area contributed by atoms with Crippen LogP contribution in [0.2, 0.25) is 0 Å². The maximum Gasteiger partial charge on any atom is 0.253 e. The molecule has 1 aromatic heterocycles. The fraction of sp³-hybridized carbons (Fsp3) is 0.733. The van der Waals surface area contributed by atoms with E-state index in [0.29, 0.717) is 4.21 Å². The van der Waals surface area contributed by atoms with Gasteiger partial charge in [-0.15, -0.1) is 11.3 Å². The van der Waals surface area contributed by atoms with Crippen LogP contribution >= 0.6 is 11.3 Å². The largest absolute Gasteiger partial charge is 0.312 e. The number of aryl methyl sites for hydroxylation is 1. The number of nitrogens with one attached hydrogen (secondary N) is 1. The molecular weight excluding hydrogens is 304 g/mol. The summed E-state index contributed by atoms with van der Waals surface area (Å²) in [6.45, 7) is 9.72. The summed E-state index contributed by atoms with van der Waals surface area (Å²) in [6.07, 6.45) is 3.03. The van der Waals surface area contributed by atoms with Gasteiger partial charge in [-0.1, -0.05) is 13.3 Å². The van der Waals surface area contributed by atoms with Gasteiger partial charge in [0, 0.05) is 23.5 Å². The summed E-state index contributed by atoms with van der Waals surface area (Å²) in [7, 11) is -3.36. The predicted octanol–water partition coefficient (Wildman–Crippen LogP) is 3.12. The number of nitrogens with zero attached hydrogens (tertiary/aromatic N) is 1. The molecule has 2 rings (SSSR count). The quantitative estimate of drug-likeness (QED) is 0.902. The minimum Gasteiger partial charge on any atom is -0.312 e. The molecule has 1 saturated heterocycles. The average Bonchev–Trinajstić information content (AvgIpc) is 2.78. The van der Waals surface area contributed by atoms with E-state index >= 15 is 0 Å². The standard InChI is InChI=1S/C15H26N2O2S2/c1-5-16-10-14-11(2)9-15(20-14)21(18,19)17-12(3)7-6-8-13(17)4/h9,12-13,16H,5-8,10H2,1-4H3. The Balaban J connectivity index is 2.30. The first-order chi connectivity index (χ1) is 9.87. The van der Waals surface area contributed by atoms with Crippen molar-refractivity contribution in [3.05, 3.63) is 16.5 Å². The molecule has 120 valence electrons. The van der Waals surface area contributed by atoms with Crippen molar-refractivity contribution in [3.63, 3.8) is 0 Å². The van der Waals surface area contributed by atoms with E-state index in [9.17, 15) is 8.42 Å². The Morgan fingerprint density at radius 1 is 1.33 bits per heavy atom. The van der Waals surface area contributed by atoms with Gasteiger partial charge in [0.2, 0.25) is 0 Å². The highest BCUT2D eigenvalue weighted by atomic mass is 32.2. The second kappa shape index (κ2) is 6.77. The Kier molecular flexibility index (Phi) is 5.46. The van der Waals surface area contributed by atoms with Crippen LogP contribution in [0.5, 0.6) is 0 Å². The van der Waals surface area contributed by atoms with Gasteiger partial charge in [-0.05, 0) is 51.8 Å². The molecule has 2 unspecified atom stereocenters. The zero-order chi connectivity index (χ0) is 15.6. The summed E-state index contributed by atoms with van der Waals surface area (Å²) in [5, 5.41) is 3.27. The zero-order valence-electron chi connectivity index (χ0n) is 13.3. The van der Waals surface area contributed by atoms with E-state index in [2.05, 4.69) is 12.2 Å². The second-order valence-corrected chi connectivity index (χ2v) is 9.12. The fourth-order valence-corrected chi connectivity index (χ4v) is 6.55. The monoisotopic (exact) mass is 330 g/mol. The maximum atomic E-state index is 13.0. The summed E-state index contributed by atoms with van der Waals surface area (Å²) in [4.78, 5) is 1.12. The average molecular weight is 331 g/mol. The van der Waals surface area contributed by atoms with Crippen LogP contribution in [-0.2, 0) is 16.6 Å². The van der Waals surface area contributed by atoms with Gasteiger partial charge in [-0.2, -0.15) is 4.31 Å². The molecule has 0 radical (unpaired) electrons. The third kappa shape index (κ3) is 3.50. The van der Waals surface area contributed by atoms with Crippen molar-refractivity contribution in [2.45, 2.75) is 69.8 Å². The number of hydrogen-bond donors (Lipinski definition) is 1. The van der Waals surface area contributed by atoms with Gasteiger partial charge in [0.15, 0.2) is 0 Å². The molecule has 0 aromatic carbocycles. The van der Waals surface area contributed by atoms with Gasteiger partial charge in [0.1, 0.15) is 4.21 Å². The van der Waals surface area contributed by atoms with Gasteiger partial charge in [0.05, 0.1) is 0 Å². The van der Waals surface area contributed by atoms with E-state index in [1.807, 2.05) is 26.8 Å². The van der Waals surface area contributed by atoms with Gasteiger partial charge >= 0.3 is 0 Å². The van der Waals surface area contributed by atoms with E-state index < -0.39 is 10.0 Å². The minimum atomic E-state index is -3.36.